The second kappa shape index (κ2) is 7.22. The third-order valence-corrected chi connectivity index (χ3v) is 7.36. The van der Waals surface area contributed by atoms with Gasteiger partial charge in [-0.15, -0.1) is 0 Å². The van der Waals surface area contributed by atoms with Crippen LogP contribution in [0.5, 0.6) is 5.75 Å². The van der Waals surface area contributed by atoms with E-state index >= 15 is 4.39 Å². The molecule has 1 saturated heterocycles. The number of guanidine groups is 1. The van der Waals surface area contributed by atoms with Gasteiger partial charge in [0.25, 0.3) is 0 Å². The molecule has 162 valence electrons. The standard InChI is InChI=1S/C23H30FN3O3/c1-13-7-14(8-13)11-29-16-5-6-19(24)17(9-16)23-12-30-20(15-3-4-15)10-18(23)21(28)27(2)22(25)26-23/h5-6,9,13-15,18,20H,3-4,7-8,10-12H2,1-2H3,(H2,25,26)/t13?,14?,18-,20+,23+/m0/s1. The van der Waals surface area contributed by atoms with Gasteiger partial charge in [-0.3, -0.25) is 9.69 Å². The second-order valence-corrected chi connectivity index (χ2v) is 9.66. The number of carbonyl (C=O) groups excluding carboxylic acids is 1. The zero-order valence-corrected chi connectivity index (χ0v) is 17.6. The van der Waals surface area contributed by atoms with Crippen LogP contribution in [0.3, 0.4) is 0 Å². The Labute approximate surface area is 176 Å². The highest BCUT2D eigenvalue weighted by atomic mass is 19.1. The zero-order valence-electron chi connectivity index (χ0n) is 17.6. The lowest BCUT2D eigenvalue weighted by atomic mass is 9.72. The van der Waals surface area contributed by atoms with Crippen LogP contribution in [0.1, 0.15) is 44.6 Å². The zero-order chi connectivity index (χ0) is 21.0. The van der Waals surface area contributed by atoms with E-state index in [9.17, 15) is 4.79 Å². The van der Waals surface area contributed by atoms with Gasteiger partial charge < -0.3 is 15.2 Å². The van der Waals surface area contributed by atoms with Crippen LogP contribution in [0.25, 0.3) is 0 Å². The van der Waals surface area contributed by atoms with Crippen LogP contribution in [0.2, 0.25) is 0 Å². The molecule has 4 aliphatic rings. The largest absolute Gasteiger partial charge is 0.493 e. The molecule has 7 heteroatoms. The summed E-state index contributed by atoms with van der Waals surface area (Å²) in [6.45, 7) is 3.02. The summed E-state index contributed by atoms with van der Waals surface area (Å²) in [7, 11) is 1.63. The number of hydrogen-bond acceptors (Lipinski definition) is 5. The van der Waals surface area contributed by atoms with E-state index in [1.165, 1.54) is 11.0 Å². The lowest BCUT2D eigenvalue weighted by Crippen LogP contribution is -2.60. The summed E-state index contributed by atoms with van der Waals surface area (Å²) in [6.07, 6.45) is 5.14. The van der Waals surface area contributed by atoms with Crippen LogP contribution in [-0.2, 0) is 15.1 Å². The van der Waals surface area contributed by atoms with Crippen molar-refractivity contribution in [2.75, 3.05) is 20.3 Å². The van der Waals surface area contributed by atoms with Crippen LogP contribution in [0.4, 0.5) is 4.39 Å². The van der Waals surface area contributed by atoms with Crippen molar-refractivity contribution < 1.29 is 18.7 Å². The van der Waals surface area contributed by atoms with Crippen LogP contribution < -0.4 is 10.5 Å². The molecule has 30 heavy (non-hydrogen) atoms. The number of halogens is 1. The van der Waals surface area contributed by atoms with Gasteiger partial charge in [0.05, 0.1) is 25.2 Å². The van der Waals surface area contributed by atoms with Crippen LogP contribution >= 0.6 is 0 Å². The minimum Gasteiger partial charge on any atom is -0.493 e. The minimum absolute atomic E-state index is 0.0260. The van der Waals surface area contributed by atoms with Gasteiger partial charge >= 0.3 is 0 Å². The van der Waals surface area contributed by atoms with Crippen molar-refractivity contribution in [3.63, 3.8) is 0 Å². The van der Waals surface area contributed by atoms with E-state index in [1.807, 2.05) is 0 Å². The second-order valence-electron chi connectivity index (χ2n) is 9.66. The fourth-order valence-corrected chi connectivity index (χ4v) is 5.34. The van der Waals surface area contributed by atoms with Crippen LogP contribution in [0, 0.1) is 29.5 Å². The summed E-state index contributed by atoms with van der Waals surface area (Å²) in [4.78, 5) is 19.2. The van der Waals surface area contributed by atoms with Crippen molar-refractivity contribution in [1.29, 1.82) is 0 Å². The lowest BCUT2D eigenvalue weighted by Gasteiger charge is -2.47. The Morgan fingerprint density at radius 1 is 1.33 bits per heavy atom. The van der Waals surface area contributed by atoms with Gasteiger partial charge in [0.1, 0.15) is 17.1 Å². The number of ether oxygens (including phenoxy) is 2. The first-order valence-electron chi connectivity index (χ1n) is 11.0. The first-order chi connectivity index (χ1) is 14.4. The molecule has 1 aromatic rings. The van der Waals surface area contributed by atoms with Gasteiger partial charge in [-0.2, -0.15) is 0 Å². The van der Waals surface area contributed by atoms with E-state index in [4.69, 9.17) is 15.2 Å². The lowest BCUT2D eigenvalue weighted by molar-refractivity contribution is -0.146. The summed E-state index contributed by atoms with van der Waals surface area (Å²) in [5.74, 6) is 1.47. The number of hydrogen-bond donors (Lipinski definition) is 1. The predicted octanol–water partition coefficient (Wildman–Crippen LogP) is 3.05. The molecule has 2 aliphatic heterocycles. The Hall–Kier alpha value is -2.15. The highest BCUT2D eigenvalue weighted by Gasteiger charge is 2.56. The molecule has 0 aromatic heterocycles. The van der Waals surface area contributed by atoms with E-state index in [2.05, 4.69) is 11.9 Å². The SMILES string of the molecule is CC1CC(COc2ccc(F)c([C@]34CO[C@@H](C5CC5)C[C@H]3C(=O)N(C)C(N)=N4)c2)C1. The molecule has 3 fully saturated rings. The molecule has 6 nitrogen and oxygen atoms in total. The topological polar surface area (TPSA) is 77.2 Å². The summed E-state index contributed by atoms with van der Waals surface area (Å²) < 4.78 is 27.3. The Kier molecular flexibility index (Phi) is 4.76. The molecular formula is C23H30FN3O3. The van der Waals surface area contributed by atoms with Crippen molar-refractivity contribution >= 4 is 11.9 Å². The summed E-state index contributed by atoms with van der Waals surface area (Å²) in [6, 6.07) is 4.75. The van der Waals surface area contributed by atoms with Crippen molar-refractivity contribution in [3.8, 4) is 5.75 Å². The predicted molar refractivity (Wildman–Crippen MR) is 110 cm³/mol. The normalized spacial score (nSPS) is 36.0. The van der Waals surface area contributed by atoms with Crippen LogP contribution in [-0.4, -0.2) is 43.1 Å². The summed E-state index contributed by atoms with van der Waals surface area (Å²) in [5, 5.41) is 0. The fourth-order valence-electron chi connectivity index (χ4n) is 5.34. The Morgan fingerprint density at radius 2 is 2.10 bits per heavy atom. The number of nitrogens with zero attached hydrogens (tertiary/aromatic N) is 2. The van der Waals surface area contributed by atoms with E-state index in [-0.39, 0.29) is 24.6 Å². The molecule has 2 saturated carbocycles. The highest BCUT2D eigenvalue weighted by Crippen LogP contribution is 2.50. The molecule has 2 heterocycles. The van der Waals surface area contributed by atoms with Gasteiger partial charge in [-0.25, -0.2) is 9.38 Å². The number of nitrogens with two attached hydrogens (primary N) is 1. The van der Waals surface area contributed by atoms with Gasteiger partial charge in [0.2, 0.25) is 5.91 Å². The third kappa shape index (κ3) is 3.27. The number of aliphatic imine (C=N–C) groups is 1. The maximum absolute atomic E-state index is 15.1. The average molecular weight is 416 g/mol. The first-order valence-corrected chi connectivity index (χ1v) is 11.0. The molecule has 2 N–H and O–H groups in total. The van der Waals surface area contributed by atoms with E-state index in [1.54, 1.807) is 19.2 Å². The molecular weight excluding hydrogens is 385 g/mol. The Morgan fingerprint density at radius 3 is 2.80 bits per heavy atom. The number of rotatable bonds is 5. The molecule has 0 unspecified atom stereocenters. The van der Waals surface area contributed by atoms with Crippen molar-refractivity contribution in [2.45, 2.75) is 50.7 Å². The maximum atomic E-state index is 15.1. The summed E-state index contributed by atoms with van der Waals surface area (Å²) in [5.41, 5.74) is 5.27. The van der Waals surface area contributed by atoms with Gasteiger partial charge in [0, 0.05) is 12.6 Å². The van der Waals surface area contributed by atoms with Gasteiger partial charge in [0.15, 0.2) is 5.96 Å². The van der Waals surface area contributed by atoms with Gasteiger partial charge in [-0.1, -0.05) is 6.92 Å². The smallest absolute Gasteiger partial charge is 0.235 e. The number of amides is 1. The highest BCUT2D eigenvalue weighted by molar-refractivity contribution is 6.00. The molecule has 1 amide bonds. The van der Waals surface area contributed by atoms with Gasteiger partial charge in [-0.05, 0) is 68.1 Å². The van der Waals surface area contributed by atoms with E-state index in [0.717, 1.165) is 31.6 Å². The number of fused-ring (bicyclic) bond motifs is 1. The van der Waals surface area contributed by atoms with Crippen molar-refractivity contribution in [3.05, 3.63) is 29.6 Å². The van der Waals surface area contributed by atoms with E-state index < -0.39 is 17.3 Å². The summed E-state index contributed by atoms with van der Waals surface area (Å²) >= 11 is 0. The molecule has 1 aromatic carbocycles. The molecule has 2 aliphatic carbocycles. The Balaban J connectivity index is 1.47. The van der Waals surface area contributed by atoms with Crippen molar-refractivity contribution in [1.82, 2.24) is 4.90 Å². The monoisotopic (exact) mass is 415 g/mol. The molecule has 0 spiro atoms. The minimum atomic E-state index is -1.15. The molecule has 5 rings (SSSR count). The molecule has 0 bridgehead atoms. The number of benzene rings is 1. The third-order valence-electron chi connectivity index (χ3n) is 7.36. The molecule has 3 atom stereocenters. The Bertz CT molecular complexity index is 880. The maximum Gasteiger partial charge on any atom is 0.235 e. The van der Waals surface area contributed by atoms with Crippen molar-refractivity contribution in [2.24, 2.45) is 34.4 Å². The molecule has 0 radical (unpaired) electrons. The number of carbonyl (C=O) groups is 1. The quantitative estimate of drug-likeness (QED) is 0.802. The first kappa shape index (κ1) is 19.8. The average Bonchev–Trinajstić information content (AvgIpc) is 3.55. The van der Waals surface area contributed by atoms with E-state index in [0.29, 0.717) is 36.2 Å². The van der Waals surface area contributed by atoms with Crippen LogP contribution in [0.15, 0.2) is 23.2 Å². The fraction of sp³-hybridized carbons (Fsp3) is 0.652.